The van der Waals surface area contributed by atoms with Crippen LogP contribution in [0.2, 0.25) is 0 Å². The zero-order valence-corrected chi connectivity index (χ0v) is 14.3. The largest absolute Gasteiger partial charge is 0.396 e. The molecule has 0 saturated heterocycles. The number of anilines is 1. The third kappa shape index (κ3) is 4.30. The topological polar surface area (TPSA) is 49.3 Å². The molecule has 2 rings (SSSR count). The van der Waals surface area contributed by atoms with E-state index in [2.05, 4.69) is 26.6 Å². The highest BCUT2D eigenvalue weighted by molar-refractivity contribution is 9.10. The number of aliphatic hydroxyl groups is 1. The summed E-state index contributed by atoms with van der Waals surface area (Å²) in [5, 5.41) is 16.3. The monoisotopic (exact) mass is 387 g/mol. The molecule has 0 aliphatic rings. The van der Waals surface area contributed by atoms with Crippen molar-refractivity contribution in [3.8, 4) is 0 Å². The maximum absolute atomic E-state index is 11.6. The standard InChI is InChI=1S/C15H15BrClNO2S/c16-11-1-2-14(18-15(20)8-17)13(7-11)12(3-5-19)10-4-6-21-9-10/h1-2,4,6-7,9,12,19H,3,5,8H2,(H,18,20). The van der Waals surface area contributed by atoms with E-state index >= 15 is 0 Å². The Kier molecular flexibility index (Phi) is 6.23. The molecule has 0 fully saturated rings. The second-order valence-electron chi connectivity index (χ2n) is 4.53. The number of hydrogen-bond donors (Lipinski definition) is 2. The first-order valence-electron chi connectivity index (χ1n) is 6.44. The number of amides is 1. The van der Waals surface area contributed by atoms with Crippen molar-refractivity contribution in [2.45, 2.75) is 12.3 Å². The second kappa shape index (κ2) is 7.94. The van der Waals surface area contributed by atoms with Crippen LogP contribution in [-0.2, 0) is 4.79 Å². The van der Waals surface area contributed by atoms with Crippen LogP contribution < -0.4 is 5.32 Å². The number of carbonyl (C=O) groups excluding carboxylic acids is 1. The Balaban J connectivity index is 2.42. The highest BCUT2D eigenvalue weighted by Crippen LogP contribution is 2.35. The maximum atomic E-state index is 11.6. The van der Waals surface area contributed by atoms with Crippen molar-refractivity contribution < 1.29 is 9.90 Å². The lowest BCUT2D eigenvalue weighted by molar-refractivity contribution is -0.113. The van der Waals surface area contributed by atoms with Gasteiger partial charge in [-0.2, -0.15) is 11.3 Å². The van der Waals surface area contributed by atoms with Gasteiger partial charge in [0.25, 0.3) is 0 Å². The molecule has 21 heavy (non-hydrogen) atoms. The normalized spacial score (nSPS) is 12.1. The van der Waals surface area contributed by atoms with Gasteiger partial charge >= 0.3 is 0 Å². The first-order chi connectivity index (χ1) is 10.2. The predicted octanol–water partition coefficient (Wildman–Crippen LogP) is 4.20. The number of halogens is 2. The van der Waals surface area contributed by atoms with E-state index in [-0.39, 0.29) is 24.3 Å². The smallest absolute Gasteiger partial charge is 0.239 e. The Morgan fingerprint density at radius 2 is 2.24 bits per heavy atom. The van der Waals surface area contributed by atoms with E-state index in [9.17, 15) is 9.90 Å². The van der Waals surface area contributed by atoms with Crippen LogP contribution in [0.4, 0.5) is 5.69 Å². The third-order valence-corrected chi connectivity index (χ3v) is 4.59. The maximum Gasteiger partial charge on any atom is 0.239 e. The molecule has 0 aliphatic carbocycles. The minimum absolute atomic E-state index is 0.0318. The quantitative estimate of drug-likeness (QED) is 0.729. The van der Waals surface area contributed by atoms with Crippen LogP contribution >= 0.6 is 38.9 Å². The molecule has 0 aliphatic heterocycles. The van der Waals surface area contributed by atoms with E-state index in [0.29, 0.717) is 6.42 Å². The summed E-state index contributed by atoms with van der Waals surface area (Å²) in [6.45, 7) is 0.0793. The van der Waals surface area contributed by atoms with Crippen molar-refractivity contribution in [2.75, 3.05) is 17.8 Å². The predicted molar refractivity (Wildman–Crippen MR) is 91.4 cm³/mol. The molecule has 1 amide bonds. The van der Waals surface area contributed by atoms with Gasteiger partial charge in [0, 0.05) is 22.7 Å². The second-order valence-corrected chi connectivity index (χ2v) is 6.50. The van der Waals surface area contributed by atoms with Crippen LogP contribution in [0.15, 0.2) is 39.5 Å². The highest BCUT2D eigenvalue weighted by Gasteiger charge is 2.19. The average Bonchev–Trinajstić information content (AvgIpc) is 3.00. The molecule has 0 bridgehead atoms. The molecule has 112 valence electrons. The number of thiophene rings is 1. The van der Waals surface area contributed by atoms with Gasteiger partial charge in [0.15, 0.2) is 0 Å². The summed E-state index contributed by atoms with van der Waals surface area (Å²) in [6.07, 6.45) is 0.594. The van der Waals surface area contributed by atoms with E-state index in [1.54, 1.807) is 11.3 Å². The van der Waals surface area contributed by atoms with E-state index in [0.717, 1.165) is 21.3 Å². The molecule has 6 heteroatoms. The zero-order valence-electron chi connectivity index (χ0n) is 11.2. The van der Waals surface area contributed by atoms with Crippen LogP contribution in [0, 0.1) is 0 Å². The Morgan fingerprint density at radius 3 is 2.86 bits per heavy atom. The Morgan fingerprint density at radius 1 is 1.43 bits per heavy atom. The minimum atomic E-state index is -0.242. The van der Waals surface area contributed by atoms with Crippen LogP contribution in [0.25, 0.3) is 0 Å². The Labute approximate surface area is 141 Å². The number of aliphatic hydroxyl groups excluding tert-OH is 1. The fourth-order valence-corrected chi connectivity index (χ4v) is 3.38. The summed E-state index contributed by atoms with van der Waals surface area (Å²) in [6, 6.07) is 7.73. The molecule has 0 radical (unpaired) electrons. The first-order valence-corrected chi connectivity index (χ1v) is 8.71. The fraction of sp³-hybridized carbons (Fsp3) is 0.267. The number of benzene rings is 1. The minimum Gasteiger partial charge on any atom is -0.396 e. The molecule has 1 atom stereocenters. The third-order valence-electron chi connectivity index (χ3n) is 3.15. The van der Waals surface area contributed by atoms with Gasteiger partial charge in [-0.1, -0.05) is 15.9 Å². The summed E-state index contributed by atoms with van der Waals surface area (Å²) in [5.74, 6) is -0.295. The molecule has 1 aromatic heterocycles. The lowest BCUT2D eigenvalue weighted by Gasteiger charge is -2.20. The van der Waals surface area contributed by atoms with E-state index < -0.39 is 0 Å². The number of rotatable bonds is 6. The first kappa shape index (κ1) is 16.5. The summed E-state index contributed by atoms with van der Waals surface area (Å²) >= 11 is 10.6. The molecular formula is C15H15BrClNO2S. The molecule has 2 N–H and O–H groups in total. The van der Waals surface area contributed by atoms with Gasteiger partial charge in [-0.15, -0.1) is 11.6 Å². The Bertz CT molecular complexity index is 604. The number of alkyl halides is 1. The van der Waals surface area contributed by atoms with Gasteiger partial charge in [-0.25, -0.2) is 0 Å². The van der Waals surface area contributed by atoms with E-state index in [1.165, 1.54) is 0 Å². The van der Waals surface area contributed by atoms with Gasteiger partial charge in [-0.3, -0.25) is 4.79 Å². The van der Waals surface area contributed by atoms with Crippen LogP contribution in [0.5, 0.6) is 0 Å². The van der Waals surface area contributed by atoms with Crippen molar-refractivity contribution in [3.05, 3.63) is 50.6 Å². The molecule has 2 aromatic rings. The molecular weight excluding hydrogens is 374 g/mol. The highest BCUT2D eigenvalue weighted by atomic mass is 79.9. The SMILES string of the molecule is O=C(CCl)Nc1ccc(Br)cc1C(CCO)c1ccsc1. The van der Waals surface area contributed by atoms with Gasteiger partial charge in [-0.05, 0) is 52.6 Å². The number of carbonyl (C=O) groups is 1. The zero-order chi connectivity index (χ0) is 15.2. The van der Waals surface area contributed by atoms with Crippen LogP contribution in [0.1, 0.15) is 23.5 Å². The molecule has 1 unspecified atom stereocenters. The Hall–Kier alpha value is -0.880. The fourth-order valence-electron chi connectivity index (χ4n) is 2.22. The van der Waals surface area contributed by atoms with Crippen molar-refractivity contribution in [3.63, 3.8) is 0 Å². The molecule has 1 aromatic carbocycles. The lowest BCUT2D eigenvalue weighted by Crippen LogP contribution is -2.15. The summed E-state index contributed by atoms with van der Waals surface area (Å²) in [4.78, 5) is 11.6. The van der Waals surface area contributed by atoms with Gasteiger partial charge in [0.1, 0.15) is 5.88 Å². The summed E-state index contributed by atoms with van der Waals surface area (Å²) in [7, 11) is 0. The van der Waals surface area contributed by atoms with Gasteiger partial charge < -0.3 is 10.4 Å². The van der Waals surface area contributed by atoms with Crippen LogP contribution in [-0.4, -0.2) is 23.5 Å². The lowest BCUT2D eigenvalue weighted by atomic mass is 9.89. The molecule has 3 nitrogen and oxygen atoms in total. The van der Waals surface area contributed by atoms with Gasteiger partial charge in [0.05, 0.1) is 0 Å². The molecule has 1 heterocycles. The van der Waals surface area contributed by atoms with Crippen molar-refractivity contribution in [1.29, 1.82) is 0 Å². The van der Waals surface area contributed by atoms with Gasteiger partial charge in [0.2, 0.25) is 5.91 Å². The van der Waals surface area contributed by atoms with Crippen molar-refractivity contribution >= 4 is 50.5 Å². The average molecular weight is 389 g/mol. The van der Waals surface area contributed by atoms with E-state index in [4.69, 9.17) is 11.6 Å². The van der Waals surface area contributed by atoms with Crippen molar-refractivity contribution in [1.82, 2.24) is 0 Å². The summed E-state index contributed by atoms with van der Waals surface area (Å²) < 4.78 is 0.930. The van der Waals surface area contributed by atoms with Crippen LogP contribution in [0.3, 0.4) is 0 Å². The number of nitrogens with one attached hydrogen (secondary N) is 1. The molecule has 0 spiro atoms. The molecule has 0 saturated carbocycles. The van der Waals surface area contributed by atoms with E-state index in [1.807, 2.05) is 29.6 Å². The number of hydrogen-bond acceptors (Lipinski definition) is 3. The summed E-state index contributed by atoms with van der Waals surface area (Å²) in [5.41, 5.74) is 2.83. The van der Waals surface area contributed by atoms with Crippen molar-refractivity contribution in [2.24, 2.45) is 0 Å².